The van der Waals surface area contributed by atoms with Crippen molar-refractivity contribution in [3.63, 3.8) is 0 Å². The Bertz CT molecular complexity index is 948. The number of methoxy groups -OCH3 is 1. The van der Waals surface area contributed by atoms with E-state index >= 15 is 0 Å². The van der Waals surface area contributed by atoms with E-state index in [1.807, 2.05) is 16.8 Å². The van der Waals surface area contributed by atoms with Gasteiger partial charge in [-0.05, 0) is 31.7 Å². The molecule has 0 atom stereocenters. The van der Waals surface area contributed by atoms with E-state index < -0.39 is 0 Å². The topological polar surface area (TPSA) is 97.0 Å². The number of fused-ring (bicyclic) bond motifs is 1. The second-order valence-electron chi connectivity index (χ2n) is 7.79. The molecule has 1 N–H and O–H groups in total. The van der Waals surface area contributed by atoms with Crippen molar-refractivity contribution in [2.24, 2.45) is 0 Å². The zero-order valence-corrected chi connectivity index (χ0v) is 17.4. The number of nitrogens with zero attached hydrogens (tertiary/aromatic N) is 3. The third-order valence-electron chi connectivity index (χ3n) is 5.99. The summed E-state index contributed by atoms with van der Waals surface area (Å²) < 4.78 is 17.0. The van der Waals surface area contributed by atoms with Crippen LogP contribution >= 0.6 is 0 Å². The monoisotopic (exact) mass is 416 g/mol. The molecule has 0 spiro atoms. The molecular formula is C21H28N4O5. The van der Waals surface area contributed by atoms with Crippen molar-refractivity contribution in [1.82, 2.24) is 19.8 Å². The fourth-order valence-electron chi connectivity index (χ4n) is 4.19. The molecule has 2 aliphatic rings. The molecule has 2 heterocycles. The summed E-state index contributed by atoms with van der Waals surface area (Å²) in [6, 6.07) is 3.69. The molecule has 0 bridgehead atoms. The van der Waals surface area contributed by atoms with Crippen molar-refractivity contribution >= 4 is 16.9 Å². The number of morpholine rings is 1. The van der Waals surface area contributed by atoms with Crippen LogP contribution in [0, 0.1) is 0 Å². The first kappa shape index (κ1) is 20.5. The van der Waals surface area contributed by atoms with Crippen LogP contribution < -0.4 is 15.0 Å². The number of carbonyl (C=O) groups excluding carboxylic acids is 1. The highest BCUT2D eigenvalue weighted by molar-refractivity contribution is 5.81. The average molecular weight is 416 g/mol. The van der Waals surface area contributed by atoms with Crippen LogP contribution in [0.25, 0.3) is 10.9 Å². The molecule has 1 saturated carbocycles. The van der Waals surface area contributed by atoms with E-state index in [0.29, 0.717) is 48.7 Å². The van der Waals surface area contributed by atoms with Gasteiger partial charge in [-0.3, -0.25) is 4.79 Å². The van der Waals surface area contributed by atoms with Crippen molar-refractivity contribution in [3.8, 4) is 11.5 Å². The standard InChI is InChI=1S/C21H28N4O5/c1-24(21(27)25-7-9-29-10-8-25)14-3-5-15(6-4-14)30-19-11-16-17(12-18(19)28-2)22-13-23-20(16)26/h11-15H,3-10H2,1-2H3,(H,22,23,26). The molecule has 1 aliphatic heterocycles. The van der Waals surface area contributed by atoms with E-state index in [2.05, 4.69) is 9.97 Å². The van der Waals surface area contributed by atoms with Crippen molar-refractivity contribution < 1.29 is 19.0 Å². The van der Waals surface area contributed by atoms with Gasteiger partial charge in [-0.1, -0.05) is 0 Å². The van der Waals surface area contributed by atoms with Gasteiger partial charge < -0.3 is 29.0 Å². The Balaban J connectivity index is 1.39. The lowest BCUT2D eigenvalue weighted by Crippen LogP contribution is -2.51. The number of ether oxygens (including phenoxy) is 3. The quantitative estimate of drug-likeness (QED) is 0.819. The molecule has 0 unspecified atom stereocenters. The highest BCUT2D eigenvalue weighted by Crippen LogP contribution is 2.34. The molecule has 1 aliphatic carbocycles. The van der Waals surface area contributed by atoms with E-state index in [1.165, 1.54) is 6.33 Å². The van der Waals surface area contributed by atoms with Crippen molar-refractivity contribution in [1.29, 1.82) is 0 Å². The van der Waals surface area contributed by atoms with Gasteiger partial charge in [0.1, 0.15) is 0 Å². The summed E-state index contributed by atoms with van der Waals surface area (Å²) in [7, 11) is 3.46. The Morgan fingerprint density at radius 2 is 1.93 bits per heavy atom. The van der Waals surface area contributed by atoms with Gasteiger partial charge in [0.05, 0.1) is 43.7 Å². The fraction of sp³-hybridized carbons (Fsp3) is 0.571. The third kappa shape index (κ3) is 4.21. The summed E-state index contributed by atoms with van der Waals surface area (Å²) in [5.74, 6) is 1.10. The predicted octanol–water partition coefficient (Wildman–Crippen LogP) is 2.01. The molecule has 1 aromatic heterocycles. The second-order valence-corrected chi connectivity index (χ2v) is 7.79. The summed E-state index contributed by atoms with van der Waals surface area (Å²) in [6.45, 7) is 2.51. The van der Waals surface area contributed by atoms with Crippen LogP contribution in [-0.2, 0) is 4.74 Å². The number of rotatable bonds is 4. The molecule has 2 aromatic rings. The number of aromatic amines is 1. The van der Waals surface area contributed by atoms with Crippen LogP contribution in [0.2, 0.25) is 0 Å². The number of hydrogen-bond acceptors (Lipinski definition) is 6. The Labute approximate surface area is 174 Å². The highest BCUT2D eigenvalue weighted by atomic mass is 16.5. The van der Waals surface area contributed by atoms with Gasteiger partial charge in [0, 0.05) is 32.2 Å². The number of nitrogens with one attached hydrogen (secondary N) is 1. The second kappa shape index (κ2) is 8.91. The fourth-order valence-corrected chi connectivity index (χ4v) is 4.19. The number of amides is 2. The largest absolute Gasteiger partial charge is 0.493 e. The Hall–Kier alpha value is -2.81. The maximum absolute atomic E-state index is 12.7. The molecule has 2 amide bonds. The Kier molecular flexibility index (Phi) is 6.08. The minimum absolute atomic E-state index is 0.00948. The lowest BCUT2D eigenvalue weighted by molar-refractivity contribution is 0.0369. The molecule has 162 valence electrons. The van der Waals surface area contributed by atoms with E-state index in [9.17, 15) is 9.59 Å². The van der Waals surface area contributed by atoms with Crippen LogP contribution in [0.4, 0.5) is 4.79 Å². The lowest BCUT2D eigenvalue weighted by Gasteiger charge is -2.38. The van der Waals surface area contributed by atoms with Gasteiger partial charge in [0.15, 0.2) is 11.5 Å². The number of urea groups is 1. The van der Waals surface area contributed by atoms with Gasteiger partial charge in [-0.2, -0.15) is 0 Å². The molecule has 1 aromatic carbocycles. The Morgan fingerprint density at radius 1 is 1.20 bits per heavy atom. The SMILES string of the molecule is COc1cc2nc[nH]c(=O)c2cc1OC1CCC(N(C)C(=O)N2CCOCC2)CC1. The summed E-state index contributed by atoms with van der Waals surface area (Å²) in [6.07, 6.45) is 4.78. The molecule has 4 rings (SSSR count). The zero-order chi connectivity index (χ0) is 21.1. The van der Waals surface area contributed by atoms with Crippen LogP contribution in [0.1, 0.15) is 25.7 Å². The minimum Gasteiger partial charge on any atom is -0.493 e. The normalized spacial score (nSPS) is 22.0. The number of H-pyrrole nitrogens is 1. The molecule has 1 saturated heterocycles. The van der Waals surface area contributed by atoms with Crippen molar-refractivity contribution in [2.75, 3.05) is 40.5 Å². The molecule has 2 fully saturated rings. The molecule has 9 nitrogen and oxygen atoms in total. The maximum atomic E-state index is 12.7. The number of hydrogen-bond donors (Lipinski definition) is 1. The summed E-state index contributed by atoms with van der Waals surface area (Å²) in [5.41, 5.74) is 0.356. The lowest BCUT2D eigenvalue weighted by atomic mass is 9.92. The maximum Gasteiger partial charge on any atom is 0.320 e. The first-order chi connectivity index (χ1) is 14.6. The first-order valence-electron chi connectivity index (χ1n) is 10.4. The highest BCUT2D eigenvalue weighted by Gasteiger charge is 2.30. The van der Waals surface area contributed by atoms with Gasteiger partial charge in [-0.25, -0.2) is 9.78 Å². The van der Waals surface area contributed by atoms with E-state index in [-0.39, 0.29) is 23.7 Å². The predicted molar refractivity (Wildman–Crippen MR) is 111 cm³/mol. The molecular weight excluding hydrogens is 388 g/mol. The van der Waals surface area contributed by atoms with Gasteiger partial charge >= 0.3 is 6.03 Å². The van der Waals surface area contributed by atoms with E-state index in [4.69, 9.17) is 14.2 Å². The smallest absolute Gasteiger partial charge is 0.320 e. The van der Waals surface area contributed by atoms with Crippen molar-refractivity contribution in [2.45, 2.75) is 37.8 Å². The zero-order valence-electron chi connectivity index (χ0n) is 17.4. The molecule has 9 heteroatoms. The van der Waals surface area contributed by atoms with Crippen LogP contribution in [0.3, 0.4) is 0 Å². The summed E-state index contributed by atoms with van der Waals surface area (Å²) in [5, 5.41) is 0.470. The number of aromatic nitrogens is 2. The van der Waals surface area contributed by atoms with Crippen LogP contribution in [0.15, 0.2) is 23.3 Å². The number of benzene rings is 1. The van der Waals surface area contributed by atoms with E-state index in [0.717, 1.165) is 25.7 Å². The van der Waals surface area contributed by atoms with Crippen molar-refractivity contribution in [3.05, 3.63) is 28.8 Å². The minimum atomic E-state index is -0.209. The summed E-state index contributed by atoms with van der Waals surface area (Å²) in [4.78, 5) is 35.3. The summed E-state index contributed by atoms with van der Waals surface area (Å²) >= 11 is 0. The first-order valence-corrected chi connectivity index (χ1v) is 10.4. The third-order valence-corrected chi connectivity index (χ3v) is 5.99. The van der Waals surface area contributed by atoms with Gasteiger partial charge in [0.2, 0.25) is 0 Å². The number of carbonyl (C=O) groups is 1. The van der Waals surface area contributed by atoms with Crippen LogP contribution in [-0.4, -0.2) is 78.4 Å². The van der Waals surface area contributed by atoms with E-state index in [1.54, 1.807) is 19.2 Å². The molecule has 0 radical (unpaired) electrons. The average Bonchev–Trinajstić information content (AvgIpc) is 2.79. The van der Waals surface area contributed by atoms with Gasteiger partial charge in [-0.15, -0.1) is 0 Å². The van der Waals surface area contributed by atoms with Gasteiger partial charge in [0.25, 0.3) is 5.56 Å². The Morgan fingerprint density at radius 3 is 2.63 bits per heavy atom. The molecule has 30 heavy (non-hydrogen) atoms. The van der Waals surface area contributed by atoms with Crippen LogP contribution in [0.5, 0.6) is 11.5 Å².